The molecule has 2 heterocycles. The van der Waals surface area contributed by atoms with Crippen LogP contribution in [0.4, 0.5) is 14.5 Å². The van der Waals surface area contributed by atoms with Gasteiger partial charge in [0.1, 0.15) is 5.82 Å². The lowest BCUT2D eigenvalue weighted by Crippen LogP contribution is -2.20. The summed E-state index contributed by atoms with van der Waals surface area (Å²) in [4.78, 5) is 23.9. The molecule has 0 saturated carbocycles. The van der Waals surface area contributed by atoms with Gasteiger partial charge in [0.25, 0.3) is 5.91 Å². The number of anilines is 1. The molecule has 27 heavy (non-hydrogen) atoms. The molecule has 3 rings (SSSR count). The third-order valence-electron chi connectivity index (χ3n) is 3.61. The summed E-state index contributed by atoms with van der Waals surface area (Å²) in [7, 11) is -4.92. The summed E-state index contributed by atoms with van der Waals surface area (Å²) in [6.45, 7) is 1.76. The van der Waals surface area contributed by atoms with Crippen LogP contribution < -0.4 is 5.32 Å². The lowest BCUT2D eigenvalue weighted by Gasteiger charge is -2.10. The molecule has 0 aliphatic rings. The van der Waals surface area contributed by atoms with Crippen LogP contribution in [-0.2, 0) is 9.84 Å². The Morgan fingerprint density at radius 2 is 1.81 bits per heavy atom. The van der Waals surface area contributed by atoms with E-state index in [1.807, 2.05) is 0 Å². The second-order valence-electron chi connectivity index (χ2n) is 5.37. The summed E-state index contributed by atoms with van der Waals surface area (Å²) in [6.07, 6.45) is 5.86. The highest BCUT2D eigenvalue weighted by molar-refractivity contribution is 7.91. The molecule has 0 atom stereocenters. The molecule has 11 heteroatoms. The van der Waals surface area contributed by atoms with Gasteiger partial charge < -0.3 is 5.32 Å². The van der Waals surface area contributed by atoms with Crippen LogP contribution in [0.1, 0.15) is 16.2 Å². The van der Waals surface area contributed by atoms with Crippen LogP contribution in [-0.4, -0.2) is 39.6 Å². The van der Waals surface area contributed by atoms with Gasteiger partial charge >= 0.3 is 5.76 Å². The van der Waals surface area contributed by atoms with E-state index in [-0.39, 0.29) is 5.69 Å². The fraction of sp³-hybridized carbons (Fsp3) is 0.125. The fourth-order valence-electron chi connectivity index (χ4n) is 2.30. The Morgan fingerprint density at radius 3 is 2.41 bits per heavy atom. The highest BCUT2D eigenvalue weighted by atomic mass is 32.2. The largest absolute Gasteiger partial charge is 0.341 e. The van der Waals surface area contributed by atoms with E-state index >= 15 is 0 Å². The van der Waals surface area contributed by atoms with Crippen molar-refractivity contribution in [1.29, 1.82) is 0 Å². The van der Waals surface area contributed by atoms with Crippen molar-refractivity contribution in [2.75, 3.05) is 5.32 Å². The van der Waals surface area contributed by atoms with Gasteiger partial charge in [0.05, 0.1) is 28.5 Å². The van der Waals surface area contributed by atoms with Crippen molar-refractivity contribution < 1.29 is 22.0 Å². The summed E-state index contributed by atoms with van der Waals surface area (Å²) < 4.78 is 50.8. The van der Waals surface area contributed by atoms with E-state index in [1.165, 1.54) is 24.5 Å². The highest BCUT2D eigenvalue weighted by Crippen LogP contribution is 2.23. The van der Waals surface area contributed by atoms with Crippen LogP contribution in [0.3, 0.4) is 0 Å². The van der Waals surface area contributed by atoms with Crippen molar-refractivity contribution in [3.05, 3.63) is 60.4 Å². The first-order chi connectivity index (χ1) is 12.8. The van der Waals surface area contributed by atoms with Crippen molar-refractivity contribution >= 4 is 21.4 Å². The smallest absolute Gasteiger partial charge is 0.319 e. The normalized spacial score (nSPS) is 11.6. The van der Waals surface area contributed by atoms with E-state index in [4.69, 9.17) is 0 Å². The number of nitrogens with one attached hydrogen (secondary N) is 1. The Kier molecular flexibility index (Phi) is 4.95. The number of nitrogens with zero attached hydrogens (tertiary/aromatic N) is 4. The Morgan fingerprint density at radius 1 is 1.15 bits per heavy atom. The first-order valence-corrected chi connectivity index (χ1v) is 9.10. The number of aromatic nitrogens is 4. The maximum Gasteiger partial charge on any atom is 0.341 e. The minimum Gasteiger partial charge on any atom is -0.319 e. The van der Waals surface area contributed by atoms with Crippen LogP contribution in [0, 0.1) is 6.92 Å². The molecule has 1 amide bonds. The Bertz CT molecular complexity index is 1080. The number of hydrogen-bond donors (Lipinski definition) is 1. The van der Waals surface area contributed by atoms with Crippen molar-refractivity contribution in [3.8, 4) is 5.95 Å². The van der Waals surface area contributed by atoms with Crippen LogP contribution in [0.25, 0.3) is 5.95 Å². The van der Waals surface area contributed by atoms with E-state index in [9.17, 15) is 22.0 Å². The number of alkyl halides is 2. The van der Waals surface area contributed by atoms with Gasteiger partial charge in [-0.1, -0.05) is 12.1 Å². The second kappa shape index (κ2) is 7.19. The van der Waals surface area contributed by atoms with E-state index in [0.717, 1.165) is 12.1 Å². The van der Waals surface area contributed by atoms with Gasteiger partial charge in [-0.2, -0.15) is 8.78 Å². The van der Waals surface area contributed by atoms with E-state index in [1.54, 1.807) is 23.9 Å². The standard InChI is InChI=1S/C16H13F2N5O3S/c1-10-19-6-7-23(10)16-20-8-11(9-21-16)22-14(24)12-4-2-3-5-13(12)27(25,26)15(17)18/h2-9,15H,1H3,(H,22,24). The van der Waals surface area contributed by atoms with Gasteiger partial charge in [-0.3, -0.25) is 9.36 Å². The number of hydrogen-bond acceptors (Lipinski definition) is 6. The first kappa shape index (κ1) is 18.6. The predicted molar refractivity (Wildman–Crippen MR) is 91.5 cm³/mol. The number of amides is 1. The minimum absolute atomic E-state index is 0.172. The lowest BCUT2D eigenvalue weighted by atomic mass is 10.2. The zero-order valence-electron chi connectivity index (χ0n) is 13.9. The Labute approximate surface area is 152 Å². The number of carbonyl (C=O) groups is 1. The minimum atomic E-state index is -4.92. The molecular weight excluding hydrogens is 380 g/mol. The molecule has 0 unspecified atom stereocenters. The SMILES string of the molecule is Cc1nccn1-c1ncc(NC(=O)c2ccccc2S(=O)(=O)C(F)F)cn1. The molecule has 0 fully saturated rings. The van der Waals surface area contributed by atoms with Crippen LogP contribution in [0.5, 0.6) is 0 Å². The number of carbonyl (C=O) groups excluding carboxylic acids is 1. The number of rotatable bonds is 5. The molecule has 2 aromatic heterocycles. The second-order valence-corrected chi connectivity index (χ2v) is 7.26. The zero-order chi connectivity index (χ0) is 19.6. The monoisotopic (exact) mass is 393 g/mol. The van der Waals surface area contributed by atoms with E-state index in [2.05, 4.69) is 20.3 Å². The molecule has 1 N–H and O–H groups in total. The van der Waals surface area contributed by atoms with Crippen LogP contribution in [0.15, 0.2) is 53.9 Å². The molecule has 8 nitrogen and oxygen atoms in total. The summed E-state index contributed by atoms with van der Waals surface area (Å²) >= 11 is 0. The number of sulfone groups is 1. The van der Waals surface area contributed by atoms with Crippen molar-refractivity contribution in [2.24, 2.45) is 0 Å². The molecule has 0 bridgehead atoms. The topological polar surface area (TPSA) is 107 Å². The molecule has 0 aliphatic carbocycles. The number of aryl methyl sites for hydroxylation is 1. The number of benzene rings is 1. The third kappa shape index (κ3) is 3.67. The molecule has 0 radical (unpaired) electrons. The van der Waals surface area contributed by atoms with Gasteiger partial charge in [-0.05, 0) is 19.1 Å². The Hall–Kier alpha value is -3.21. The predicted octanol–water partition coefficient (Wildman–Crippen LogP) is 2.22. The van der Waals surface area contributed by atoms with Crippen molar-refractivity contribution in [1.82, 2.24) is 19.5 Å². The maximum atomic E-state index is 12.8. The van der Waals surface area contributed by atoms with E-state index in [0.29, 0.717) is 11.8 Å². The lowest BCUT2D eigenvalue weighted by molar-refractivity contribution is 0.102. The fourth-order valence-corrected chi connectivity index (χ4v) is 3.22. The average molecular weight is 393 g/mol. The number of halogens is 2. The molecular formula is C16H13F2N5O3S. The van der Waals surface area contributed by atoms with Crippen molar-refractivity contribution in [2.45, 2.75) is 17.6 Å². The molecule has 140 valence electrons. The molecule has 0 spiro atoms. The quantitative estimate of drug-likeness (QED) is 0.712. The summed E-state index contributed by atoms with van der Waals surface area (Å²) in [5.41, 5.74) is -0.224. The molecule has 1 aromatic carbocycles. The average Bonchev–Trinajstić information content (AvgIpc) is 3.08. The maximum absolute atomic E-state index is 12.8. The van der Waals surface area contributed by atoms with Crippen LogP contribution >= 0.6 is 0 Å². The molecule has 3 aromatic rings. The summed E-state index contributed by atoms with van der Waals surface area (Å²) in [5, 5.41) is 2.40. The third-order valence-corrected chi connectivity index (χ3v) is 5.05. The number of imidazole rings is 1. The van der Waals surface area contributed by atoms with Gasteiger partial charge in [-0.15, -0.1) is 0 Å². The van der Waals surface area contributed by atoms with Crippen molar-refractivity contribution in [3.63, 3.8) is 0 Å². The van der Waals surface area contributed by atoms with Gasteiger partial charge in [0.15, 0.2) is 0 Å². The van der Waals surface area contributed by atoms with Gasteiger partial charge in [0, 0.05) is 12.4 Å². The van der Waals surface area contributed by atoms with Gasteiger partial charge in [0.2, 0.25) is 15.8 Å². The molecule has 0 aliphatic heterocycles. The van der Waals surface area contributed by atoms with Crippen LogP contribution in [0.2, 0.25) is 0 Å². The summed E-state index contributed by atoms with van der Waals surface area (Å²) in [6, 6.07) is 4.74. The first-order valence-electron chi connectivity index (χ1n) is 7.55. The zero-order valence-corrected chi connectivity index (χ0v) is 14.7. The highest BCUT2D eigenvalue weighted by Gasteiger charge is 2.30. The summed E-state index contributed by atoms with van der Waals surface area (Å²) in [5.74, 6) is -3.51. The Balaban J connectivity index is 1.86. The van der Waals surface area contributed by atoms with Gasteiger partial charge in [-0.25, -0.2) is 23.4 Å². The molecule has 0 saturated heterocycles. The van der Waals surface area contributed by atoms with E-state index < -0.39 is 32.0 Å².